The average Bonchev–Trinajstić information content (AvgIpc) is 3.18. The summed E-state index contributed by atoms with van der Waals surface area (Å²) in [7, 11) is 3.88. The van der Waals surface area contributed by atoms with E-state index in [1.54, 1.807) is 0 Å². The highest BCUT2D eigenvalue weighted by molar-refractivity contribution is 14.0. The molecule has 0 aliphatic carbocycles. The van der Waals surface area contributed by atoms with Crippen molar-refractivity contribution in [3.05, 3.63) is 35.7 Å². The molecule has 2 aromatic rings. The molecule has 1 aliphatic heterocycles. The molecule has 1 aliphatic rings. The van der Waals surface area contributed by atoms with Crippen LogP contribution in [0.5, 0.6) is 0 Å². The summed E-state index contributed by atoms with van der Waals surface area (Å²) in [5, 5.41) is 11.9. The maximum absolute atomic E-state index is 4.39. The van der Waals surface area contributed by atoms with Gasteiger partial charge in [0.1, 0.15) is 11.6 Å². The molecular weight excluding hydrogens is 417 g/mol. The van der Waals surface area contributed by atoms with E-state index >= 15 is 0 Å². The molecule has 0 aromatic carbocycles. The number of guanidine groups is 1. The van der Waals surface area contributed by atoms with Crippen LogP contribution >= 0.6 is 24.0 Å². The third-order valence-electron chi connectivity index (χ3n) is 4.42. The lowest BCUT2D eigenvalue weighted by Gasteiger charge is -2.27. The Bertz CT molecular complexity index is 662. The van der Waals surface area contributed by atoms with Crippen LogP contribution in [0.1, 0.15) is 23.8 Å². The van der Waals surface area contributed by atoms with E-state index in [0.29, 0.717) is 5.92 Å². The Morgan fingerprint density at radius 1 is 1.50 bits per heavy atom. The standard InChI is InChI=1S/C16H25N7.HI/c1-12-20-21-15-7-6-13(10-23(12)15)9-19-16(17-2)22(3)11-14-5-4-8-18-14;/h4-5,8,13,18H,6-7,9-11H2,1-3H3,(H,17,19);1H. The zero-order valence-corrected chi connectivity index (χ0v) is 16.8. The molecule has 0 spiro atoms. The van der Waals surface area contributed by atoms with Crippen LogP contribution < -0.4 is 5.32 Å². The van der Waals surface area contributed by atoms with Crippen LogP contribution in [-0.2, 0) is 19.5 Å². The highest BCUT2D eigenvalue weighted by Gasteiger charge is 2.22. The van der Waals surface area contributed by atoms with Crippen LogP contribution in [0.2, 0.25) is 0 Å². The summed E-state index contributed by atoms with van der Waals surface area (Å²) in [5.74, 6) is 3.63. The minimum absolute atomic E-state index is 0. The van der Waals surface area contributed by atoms with E-state index < -0.39 is 0 Å². The number of hydrogen-bond acceptors (Lipinski definition) is 3. The minimum atomic E-state index is 0. The van der Waals surface area contributed by atoms with Crippen LogP contribution in [0.15, 0.2) is 23.3 Å². The number of fused-ring (bicyclic) bond motifs is 1. The van der Waals surface area contributed by atoms with Crippen molar-refractivity contribution in [3.63, 3.8) is 0 Å². The van der Waals surface area contributed by atoms with Crippen molar-refractivity contribution in [1.82, 2.24) is 30.0 Å². The van der Waals surface area contributed by atoms with E-state index in [1.807, 2.05) is 26.2 Å². The first kappa shape index (κ1) is 18.8. The van der Waals surface area contributed by atoms with Gasteiger partial charge in [-0.3, -0.25) is 4.99 Å². The summed E-state index contributed by atoms with van der Waals surface area (Å²) < 4.78 is 2.24. The number of aromatic nitrogens is 4. The largest absolute Gasteiger partial charge is 0.364 e. The van der Waals surface area contributed by atoms with Gasteiger partial charge in [-0.15, -0.1) is 34.2 Å². The van der Waals surface area contributed by atoms with Crippen LogP contribution in [-0.4, -0.2) is 51.2 Å². The van der Waals surface area contributed by atoms with Crippen LogP contribution in [0.25, 0.3) is 0 Å². The zero-order chi connectivity index (χ0) is 16.2. The summed E-state index contributed by atoms with van der Waals surface area (Å²) in [5.41, 5.74) is 1.18. The molecule has 3 rings (SSSR count). The first-order valence-electron chi connectivity index (χ1n) is 8.10. The number of halogens is 1. The predicted octanol–water partition coefficient (Wildman–Crippen LogP) is 1.80. The number of hydrogen-bond donors (Lipinski definition) is 2. The monoisotopic (exact) mass is 443 g/mol. The normalized spacial score (nSPS) is 17.1. The maximum Gasteiger partial charge on any atom is 0.193 e. The Hall–Kier alpha value is -1.58. The van der Waals surface area contributed by atoms with Gasteiger partial charge >= 0.3 is 0 Å². The molecule has 0 saturated heterocycles. The first-order valence-corrected chi connectivity index (χ1v) is 8.10. The van der Waals surface area contributed by atoms with E-state index in [0.717, 1.165) is 50.1 Å². The lowest BCUT2D eigenvalue weighted by molar-refractivity contribution is 0.352. The van der Waals surface area contributed by atoms with E-state index in [1.165, 1.54) is 5.69 Å². The molecule has 0 radical (unpaired) electrons. The highest BCUT2D eigenvalue weighted by atomic mass is 127. The minimum Gasteiger partial charge on any atom is -0.364 e. The molecule has 0 fully saturated rings. The highest BCUT2D eigenvalue weighted by Crippen LogP contribution is 2.19. The maximum atomic E-state index is 4.39. The van der Waals surface area contributed by atoms with Crippen molar-refractivity contribution in [3.8, 4) is 0 Å². The summed E-state index contributed by atoms with van der Waals surface area (Å²) in [6.45, 7) is 4.73. The fourth-order valence-electron chi connectivity index (χ4n) is 3.11. The summed E-state index contributed by atoms with van der Waals surface area (Å²) in [4.78, 5) is 9.75. The number of nitrogens with zero attached hydrogens (tertiary/aromatic N) is 5. The Morgan fingerprint density at radius 2 is 2.33 bits per heavy atom. The molecule has 2 N–H and O–H groups in total. The smallest absolute Gasteiger partial charge is 0.193 e. The molecule has 0 saturated carbocycles. The first-order chi connectivity index (χ1) is 11.2. The molecule has 1 atom stereocenters. The van der Waals surface area contributed by atoms with E-state index in [4.69, 9.17) is 0 Å². The van der Waals surface area contributed by atoms with Gasteiger partial charge in [-0.2, -0.15) is 0 Å². The van der Waals surface area contributed by atoms with Gasteiger partial charge in [0.05, 0.1) is 6.54 Å². The third kappa shape index (κ3) is 4.28. The van der Waals surface area contributed by atoms with Crippen LogP contribution in [0.4, 0.5) is 0 Å². The van der Waals surface area contributed by atoms with Gasteiger partial charge in [0.25, 0.3) is 0 Å². The number of nitrogens with one attached hydrogen (secondary N) is 2. The van der Waals surface area contributed by atoms with Crippen molar-refractivity contribution in [1.29, 1.82) is 0 Å². The van der Waals surface area contributed by atoms with E-state index in [2.05, 4.69) is 48.1 Å². The Balaban J connectivity index is 0.00000208. The number of aryl methyl sites for hydroxylation is 2. The number of H-pyrrole nitrogens is 1. The van der Waals surface area contributed by atoms with Crippen molar-refractivity contribution in [2.45, 2.75) is 32.9 Å². The molecule has 7 nitrogen and oxygen atoms in total. The quantitative estimate of drug-likeness (QED) is 0.430. The van der Waals surface area contributed by atoms with Crippen molar-refractivity contribution >= 4 is 29.9 Å². The van der Waals surface area contributed by atoms with Gasteiger partial charge < -0.3 is 19.8 Å². The molecule has 1 unspecified atom stereocenters. The van der Waals surface area contributed by atoms with Crippen LogP contribution in [0, 0.1) is 12.8 Å². The molecule has 0 bridgehead atoms. The van der Waals surface area contributed by atoms with Crippen molar-refractivity contribution in [2.75, 3.05) is 20.6 Å². The second-order valence-electron chi connectivity index (χ2n) is 6.16. The second-order valence-corrected chi connectivity index (χ2v) is 6.16. The van der Waals surface area contributed by atoms with Crippen molar-refractivity contribution < 1.29 is 0 Å². The fourth-order valence-corrected chi connectivity index (χ4v) is 3.11. The van der Waals surface area contributed by atoms with E-state index in [-0.39, 0.29) is 24.0 Å². The Kier molecular flexibility index (Phi) is 6.64. The molecule has 24 heavy (non-hydrogen) atoms. The number of aromatic amines is 1. The Morgan fingerprint density at radius 3 is 3.04 bits per heavy atom. The van der Waals surface area contributed by atoms with Crippen LogP contribution in [0.3, 0.4) is 0 Å². The van der Waals surface area contributed by atoms with Gasteiger partial charge in [0.15, 0.2) is 5.96 Å². The van der Waals surface area contributed by atoms with Gasteiger partial charge in [0, 0.05) is 45.5 Å². The topological polar surface area (TPSA) is 74.1 Å². The predicted molar refractivity (Wildman–Crippen MR) is 106 cm³/mol. The SMILES string of the molecule is CN=C(NCC1CCc2nnc(C)n2C1)N(C)Cc1ccc[nH]1.I. The number of aliphatic imine (C=N–C) groups is 1. The van der Waals surface area contributed by atoms with Gasteiger partial charge in [-0.25, -0.2) is 0 Å². The molecular formula is C16H26IN7. The molecule has 2 aromatic heterocycles. The second kappa shape index (κ2) is 8.50. The molecule has 8 heteroatoms. The third-order valence-corrected chi connectivity index (χ3v) is 4.42. The van der Waals surface area contributed by atoms with Gasteiger partial charge in [-0.05, 0) is 31.4 Å². The molecule has 3 heterocycles. The van der Waals surface area contributed by atoms with E-state index in [9.17, 15) is 0 Å². The van der Waals surface area contributed by atoms with Gasteiger partial charge in [-0.1, -0.05) is 0 Å². The zero-order valence-electron chi connectivity index (χ0n) is 14.5. The molecule has 0 amide bonds. The van der Waals surface area contributed by atoms with Crippen molar-refractivity contribution in [2.24, 2.45) is 10.9 Å². The van der Waals surface area contributed by atoms with Gasteiger partial charge in [0.2, 0.25) is 0 Å². The summed E-state index contributed by atoms with van der Waals surface area (Å²) in [6, 6.07) is 4.10. The Labute approximate surface area is 160 Å². The summed E-state index contributed by atoms with van der Waals surface area (Å²) in [6.07, 6.45) is 4.09. The fraction of sp³-hybridized carbons (Fsp3) is 0.562. The average molecular weight is 443 g/mol. The lowest BCUT2D eigenvalue weighted by Crippen LogP contribution is -2.42. The lowest BCUT2D eigenvalue weighted by atomic mass is 9.99. The molecule has 132 valence electrons. The number of rotatable bonds is 4. The summed E-state index contributed by atoms with van der Waals surface area (Å²) >= 11 is 0.